The van der Waals surface area contributed by atoms with Gasteiger partial charge in [0, 0.05) is 74.6 Å². The summed E-state index contributed by atoms with van der Waals surface area (Å²) in [5.74, 6) is -4.17. The molecule has 0 unspecified atom stereocenters. The van der Waals surface area contributed by atoms with Crippen molar-refractivity contribution in [3.8, 4) is 0 Å². The molecule has 0 aromatic heterocycles. The smallest absolute Gasteiger partial charge is 0.300 e. The van der Waals surface area contributed by atoms with Crippen LogP contribution in [0.2, 0.25) is 0 Å². The molecular formula is C10H20GdO10. The summed E-state index contributed by atoms with van der Waals surface area (Å²) in [5.41, 5.74) is 0. The van der Waals surface area contributed by atoms with E-state index in [1.165, 1.54) is 0 Å². The minimum atomic E-state index is -0.833. The van der Waals surface area contributed by atoms with Gasteiger partial charge in [-0.1, -0.05) is 0 Å². The molecule has 0 rings (SSSR count). The normalized spacial score (nSPS) is 5.95. The monoisotopic (exact) mass is 458 g/mol. The van der Waals surface area contributed by atoms with Crippen LogP contribution in [-0.2, 0) is 24.0 Å². The van der Waals surface area contributed by atoms with Crippen LogP contribution in [0.15, 0.2) is 0 Å². The van der Waals surface area contributed by atoms with Crippen molar-refractivity contribution in [2.75, 3.05) is 0 Å². The van der Waals surface area contributed by atoms with Crippen LogP contribution < -0.4 is 0 Å². The number of carboxylic acids is 5. The Morgan fingerprint density at radius 3 is 0.429 bits per heavy atom. The maximum Gasteiger partial charge on any atom is 0.300 e. The Hall–Kier alpha value is -1.33. The van der Waals surface area contributed by atoms with E-state index in [1.807, 2.05) is 0 Å². The van der Waals surface area contributed by atoms with Crippen molar-refractivity contribution < 1.29 is 89.4 Å². The molecule has 0 aliphatic heterocycles. The molecule has 0 aliphatic rings. The summed E-state index contributed by atoms with van der Waals surface area (Å²) in [6, 6.07) is 0. The van der Waals surface area contributed by atoms with Crippen LogP contribution >= 0.6 is 0 Å². The predicted octanol–water partition coefficient (Wildman–Crippen LogP) is 0.455. The summed E-state index contributed by atoms with van der Waals surface area (Å²) in [6.45, 7) is 5.42. The maximum atomic E-state index is 9.00. The van der Waals surface area contributed by atoms with E-state index in [2.05, 4.69) is 0 Å². The van der Waals surface area contributed by atoms with Gasteiger partial charge in [0.15, 0.2) is 0 Å². The van der Waals surface area contributed by atoms with Gasteiger partial charge in [-0.3, -0.25) is 24.0 Å². The standard InChI is InChI=1S/5C2H4O2.Gd/c5*1-2(3)4;/h5*1H3,(H,3,4);. The Bertz CT molecular complexity index is 211. The minimum absolute atomic E-state index is 0. The molecular weight excluding hydrogens is 437 g/mol. The first kappa shape index (κ1) is 36.7. The summed E-state index contributed by atoms with van der Waals surface area (Å²) in [6.07, 6.45) is 0. The van der Waals surface area contributed by atoms with E-state index in [0.29, 0.717) is 0 Å². The fourth-order valence-corrected chi connectivity index (χ4v) is 0. The quantitative estimate of drug-likeness (QED) is 0.342. The molecule has 0 radical (unpaired) electrons. The summed E-state index contributed by atoms with van der Waals surface area (Å²) in [4.78, 5) is 45.0. The van der Waals surface area contributed by atoms with Gasteiger partial charge < -0.3 is 25.5 Å². The minimum Gasteiger partial charge on any atom is -0.481 e. The molecule has 0 saturated heterocycles. The second kappa shape index (κ2) is 31.2. The molecule has 0 aromatic carbocycles. The van der Waals surface area contributed by atoms with Crippen molar-refractivity contribution in [3.05, 3.63) is 0 Å². The van der Waals surface area contributed by atoms with E-state index < -0.39 is 29.8 Å². The molecule has 0 bridgehead atoms. The first-order chi connectivity index (χ1) is 8.66. The molecule has 21 heavy (non-hydrogen) atoms. The van der Waals surface area contributed by atoms with Crippen LogP contribution in [0, 0.1) is 39.9 Å². The summed E-state index contributed by atoms with van der Waals surface area (Å²) >= 11 is 0. The Morgan fingerprint density at radius 2 is 0.429 bits per heavy atom. The van der Waals surface area contributed by atoms with E-state index in [-0.39, 0.29) is 39.9 Å². The van der Waals surface area contributed by atoms with Crippen LogP contribution in [0.4, 0.5) is 0 Å². The molecule has 5 N–H and O–H groups in total. The molecule has 0 spiro atoms. The topological polar surface area (TPSA) is 186 Å². The molecule has 128 valence electrons. The van der Waals surface area contributed by atoms with Gasteiger partial charge >= 0.3 is 0 Å². The van der Waals surface area contributed by atoms with Crippen LogP contribution in [0.5, 0.6) is 0 Å². The first-order valence-corrected chi connectivity index (χ1v) is 4.64. The third-order valence-corrected chi connectivity index (χ3v) is 0. The van der Waals surface area contributed by atoms with Crippen molar-refractivity contribution in [1.82, 2.24) is 0 Å². The molecule has 0 atom stereocenters. The van der Waals surface area contributed by atoms with E-state index in [9.17, 15) is 0 Å². The first-order valence-electron chi connectivity index (χ1n) is 4.64. The third-order valence-electron chi connectivity index (χ3n) is 0. The van der Waals surface area contributed by atoms with Crippen LogP contribution in [0.1, 0.15) is 34.6 Å². The zero-order chi connectivity index (χ0) is 17.9. The fraction of sp³-hybridized carbons (Fsp3) is 0.500. The molecule has 0 aliphatic carbocycles. The Kier molecular flexibility index (Phi) is 54.5. The number of rotatable bonds is 0. The number of carboxylic acid groups (broad SMARTS) is 5. The van der Waals surface area contributed by atoms with Crippen molar-refractivity contribution in [1.29, 1.82) is 0 Å². The largest absolute Gasteiger partial charge is 0.481 e. The van der Waals surface area contributed by atoms with E-state index in [0.717, 1.165) is 34.6 Å². The summed E-state index contributed by atoms with van der Waals surface area (Å²) in [7, 11) is 0. The van der Waals surface area contributed by atoms with Gasteiger partial charge in [-0.15, -0.1) is 0 Å². The van der Waals surface area contributed by atoms with Gasteiger partial charge in [0.25, 0.3) is 29.8 Å². The van der Waals surface area contributed by atoms with Crippen LogP contribution in [-0.4, -0.2) is 55.4 Å². The van der Waals surface area contributed by atoms with Crippen molar-refractivity contribution in [2.45, 2.75) is 34.6 Å². The average molecular weight is 458 g/mol. The molecule has 0 amide bonds. The summed E-state index contributed by atoms with van der Waals surface area (Å²) in [5, 5.41) is 37.1. The molecule has 0 saturated carbocycles. The average Bonchev–Trinajstić information content (AvgIpc) is 1.94. The van der Waals surface area contributed by atoms with Gasteiger partial charge in [0.2, 0.25) is 0 Å². The van der Waals surface area contributed by atoms with Gasteiger partial charge in [0.05, 0.1) is 0 Å². The zero-order valence-corrected chi connectivity index (χ0v) is 14.4. The number of hydrogen-bond acceptors (Lipinski definition) is 5. The van der Waals surface area contributed by atoms with Gasteiger partial charge in [0.1, 0.15) is 0 Å². The number of hydrogen-bond donors (Lipinski definition) is 5. The van der Waals surface area contributed by atoms with E-state index in [4.69, 9.17) is 49.5 Å². The Labute approximate surface area is 153 Å². The van der Waals surface area contributed by atoms with Gasteiger partial charge in [-0.2, -0.15) is 0 Å². The summed E-state index contributed by atoms with van der Waals surface area (Å²) < 4.78 is 0. The van der Waals surface area contributed by atoms with Gasteiger partial charge in [-0.05, 0) is 0 Å². The maximum absolute atomic E-state index is 9.00. The predicted molar refractivity (Wildman–Crippen MR) is 66.5 cm³/mol. The molecule has 10 nitrogen and oxygen atoms in total. The Balaban J connectivity index is -0.0000000331. The zero-order valence-electron chi connectivity index (χ0n) is 12.1. The van der Waals surface area contributed by atoms with E-state index >= 15 is 0 Å². The van der Waals surface area contributed by atoms with Crippen LogP contribution in [0.3, 0.4) is 0 Å². The number of aliphatic carboxylic acids is 5. The molecule has 0 aromatic rings. The van der Waals surface area contributed by atoms with Crippen LogP contribution in [0.25, 0.3) is 0 Å². The van der Waals surface area contributed by atoms with E-state index in [1.54, 1.807) is 0 Å². The van der Waals surface area contributed by atoms with Gasteiger partial charge in [-0.25, -0.2) is 0 Å². The third kappa shape index (κ3) is 2960. The fourth-order valence-electron chi connectivity index (χ4n) is 0. The van der Waals surface area contributed by atoms with Crippen molar-refractivity contribution in [2.24, 2.45) is 0 Å². The molecule has 11 heteroatoms. The SMILES string of the molecule is CC(=O)O.CC(=O)O.CC(=O)O.CC(=O)O.CC(=O)O.[Gd]. The molecule has 0 fully saturated rings. The second-order valence-electron chi connectivity index (χ2n) is 2.60. The molecule has 0 heterocycles. The second-order valence-corrected chi connectivity index (χ2v) is 2.60. The number of carbonyl (C=O) groups is 5. The Morgan fingerprint density at radius 1 is 0.429 bits per heavy atom. The van der Waals surface area contributed by atoms with Crippen molar-refractivity contribution in [3.63, 3.8) is 0 Å². The van der Waals surface area contributed by atoms with Crippen molar-refractivity contribution >= 4 is 29.8 Å².